The second kappa shape index (κ2) is 9.19. The Bertz CT molecular complexity index is 777. The number of benzene rings is 1. The predicted molar refractivity (Wildman–Crippen MR) is 92.3 cm³/mol. The van der Waals surface area contributed by atoms with Gasteiger partial charge < -0.3 is 10.6 Å². The largest absolute Gasteiger partial charge is 0.367 e. The first-order valence-electron chi connectivity index (χ1n) is 7.21. The lowest BCUT2D eigenvalue weighted by atomic mass is 10.2. The number of hydrogen-bond donors (Lipinski definition) is 2. The number of rotatable bonds is 7. The number of pyridine rings is 1. The van der Waals surface area contributed by atoms with E-state index in [0.717, 1.165) is 4.90 Å². The number of aromatic nitrogens is 1. The van der Waals surface area contributed by atoms with Crippen LogP contribution in [0, 0.1) is 22.7 Å². The average Bonchev–Trinajstić information content (AvgIpc) is 2.64. The summed E-state index contributed by atoms with van der Waals surface area (Å²) in [5.41, 5.74) is 1.07. The zero-order valence-electron chi connectivity index (χ0n) is 12.8. The summed E-state index contributed by atoms with van der Waals surface area (Å²) in [4.78, 5) is 16.8. The van der Waals surface area contributed by atoms with Gasteiger partial charge in [0.05, 0.1) is 22.9 Å². The lowest BCUT2D eigenvalue weighted by Gasteiger charge is -2.08. The van der Waals surface area contributed by atoms with Crippen LogP contribution in [0.15, 0.2) is 47.5 Å². The molecular formula is C17H15N5OS. The number of carbonyl (C=O) groups is 1. The van der Waals surface area contributed by atoms with Crippen LogP contribution in [0.1, 0.15) is 11.1 Å². The summed E-state index contributed by atoms with van der Waals surface area (Å²) in [5, 5.41) is 23.5. The van der Waals surface area contributed by atoms with Crippen LogP contribution in [0.25, 0.3) is 0 Å². The Kier molecular flexibility index (Phi) is 6.63. The van der Waals surface area contributed by atoms with Gasteiger partial charge in [0, 0.05) is 24.2 Å². The number of nitrogens with one attached hydrogen (secondary N) is 2. The molecule has 0 spiro atoms. The average molecular weight is 337 g/mol. The van der Waals surface area contributed by atoms with Gasteiger partial charge in [0.25, 0.3) is 0 Å². The van der Waals surface area contributed by atoms with Crippen molar-refractivity contribution in [2.24, 2.45) is 0 Å². The summed E-state index contributed by atoms with van der Waals surface area (Å²) in [7, 11) is 0. The molecule has 0 bridgehead atoms. The Hall–Kier alpha value is -3.03. The van der Waals surface area contributed by atoms with Crippen molar-refractivity contribution >= 4 is 23.5 Å². The minimum Gasteiger partial charge on any atom is -0.367 e. The molecule has 0 fully saturated rings. The Morgan fingerprint density at radius 2 is 1.92 bits per heavy atom. The monoisotopic (exact) mass is 337 g/mol. The number of nitrogens with zero attached hydrogens (tertiary/aromatic N) is 3. The Morgan fingerprint density at radius 1 is 1.12 bits per heavy atom. The van der Waals surface area contributed by atoms with Gasteiger partial charge in [-0.3, -0.25) is 4.79 Å². The number of carbonyl (C=O) groups excluding carboxylic acids is 1. The van der Waals surface area contributed by atoms with Gasteiger partial charge in [0.1, 0.15) is 11.9 Å². The van der Waals surface area contributed by atoms with Gasteiger partial charge in [0.2, 0.25) is 5.91 Å². The summed E-state index contributed by atoms with van der Waals surface area (Å²) in [6.07, 6.45) is 1.61. The second-order valence-corrected chi connectivity index (χ2v) is 5.76. The van der Waals surface area contributed by atoms with Crippen molar-refractivity contribution in [3.8, 4) is 12.1 Å². The van der Waals surface area contributed by atoms with E-state index < -0.39 is 0 Å². The number of hydrogen-bond acceptors (Lipinski definition) is 6. The summed E-state index contributed by atoms with van der Waals surface area (Å²) < 4.78 is 0. The van der Waals surface area contributed by atoms with Crippen LogP contribution in [-0.4, -0.2) is 29.7 Å². The molecule has 24 heavy (non-hydrogen) atoms. The van der Waals surface area contributed by atoms with E-state index in [0.29, 0.717) is 35.8 Å². The van der Waals surface area contributed by atoms with Crippen molar-refractivity contribution in [3.63, 3.8) is 0 Å². The van der Waals surface area contributed by atoms with E-state index in [2.05, 4.69) is 27.8 Å². The second-order valence-electron chi connectivity index (χ2n) is 4.71. The predicted octanol–water partition coefficient (Wildman–Crippen LogP) is 2.15. The fraction of sp³-hybridized carbons (Fsp3) is 0.176. The van der Waals surface area contributed by atoms with E-state index in [9.17, 15) is 4.79 Å². The van der Waals surface area contributed by atoms with Crippen LogP contribution in [0.4, 0.5) is 5.82 Å². The van der Waals surface area contributed by atoms with E-state index in [4.69, 9.17) is 10.5 Å². The van der Waals surface area contributed by atoms with Crippen molar-refractivity contribution in [2.75, 3.05) is 24.2 Å². The first-order valence-corrected chi connectivity index (χ1v) is 8.20. The molecule has 0 unspecified atom stereocenters. The molecule has 0 saturated carbocycles. The Balaban J connectivity index is 1.68. The summed E-state index contributed by atoms with van der Waals surface area (Å²) in [5.74, 6) is 0.743. The molecule has 0 atom stereocenters. The maximum atomic E-state index is 11.8. The van der Waals surface area contributed by atoms with Crippen LogP contribution < -0.4 is 10.6 Å². The van der Waals surface area contributed by atoms with Gasteiger partial charge in [-0.2, -0.15) is 10.5 Å². The highest BCUT2D eigenvalue weighted by atomic mass is 32.2. The minimum atomic E-state index is -0.0762. The maximum absolute atomic E-state index is 11.8. The first-order chi connectivity index (χ1) is 11.7. The van der Waals surface area contributed by atoms with Crippen molar-refractivity contribution in [1.82, 2.24) is 10.3 Å². The molecule has 2 aromatic rings. The molecule has 0 aliphatic carbocycles. The van der Waals surface area contributed by atoms with Crippen LogP contribution in [0.3, 0.4) is 0 Å². The molecule has 2 rings (SSSR count). The standard InChI is InChI=1S/C17H15N5OS/c18-10-13-3-5-15(6-4-13)24-12-16(23)20-8-9-22-17-14(11-19)2-1-7-21-17/h1-7H,8-9,12H2,(H,20,23)(H,21,22). The van der Waals surface area contributed by atoms with E-state index in [1.165, 1.54) is 11.8 Å². The van der Waals surface area contributed by atoms with Crippen LogP contribution in [0.2, 0.25) is 0 Å². The van der Waals surface area contributed by atoms with Crippen LogP contribution in [0.5, 0.6) is 0 Å². The van der Waals surface area contributed by atoms with Gasteiger partial charge >= 0.3 is 0 Å². The van der Waals surface area contributed by atoms with Gasteiger partial charge in [-0.15, -0.1) is 11.8 Å². The molecule has 7 heteroatoms. The Labute approximate surface area is 144 Å². The molecular weight excluding hydrogens is 322 g/mol. The smallest absolute Gasteiger partial charge is 0.230 e. The van der Waals surface area contributed by atoms with E-state index >= 15 is 0 Å². The Morgan fingerprint density at radius 3 is 2.62 bits per heavy atom. The topological polar surface area (TPSA) is 102 Å². The van der Waals surface area contributed by atoms with E-state index in [-0.39, 0.29) is 5.91 Å². The van der Waals surface area contributed by atoms with Crippen molar-refractivity contribution < 1.29 is 4.79 Å². The van der Waals surface area contributed by atoms with E-state index in [1.807, 2.05) is 12.1 Å². The lowest BCUT2D eigenvalue weighted by molar-refractivity contribution is -0.118. The fourth-order valence-corrected chi connectivity index (χ4v) is 2.57. The quantitative estimate of drug-likeness (QED) is 0.593. The number of thioether (sulfide) groups is 1. The number of nitriles is 2. The van der Waals surface area contributed by atoms with Crippen molar-refractivity contribution in [3.05, 3.63) is 53.7 Å². The van der Waals surface area contributed by atoms with Gasteiger partial charge in [0.15, 0.2) is 0 Å². The van der Waals surface area contributed by atoms with Gasteiger partial charge in [-0.05, 0) is 36.4 Å². The molecule has 1 aromatic heterocycles. The highest BCUT2D eigenvalue weighted by Gasteiger charge is 2.04. The van der Waals surface area contributed by atoms with Crippen LogP contribution >= 0.6 is 11.8 Å². The van der Waals surface area contributed by atoms with Crippen molar-refractivity contribution in [1.29, 1.82) is 10.5 Å². The summed E-state index contributed by atoms with van der Waals surface area (Å²) >= 11 is 1.41. The lowest BCUT2D eigenvalue weighted by Crippen LogP contribution is -2.30. The molecule has 0 saturated heterocycles. The van der Waals surface area contributed by atoms with Gasteiger partial charge in [-0.1, -0.05) is 0 Å². The summed E-state index contributed by atoms with van der Waals surface area (Å²) in [6, 6.07) is 14.6. The third-order valence-electron chi connectivity index (χ3n) is 3.02. The van der Waals surface area contributed by atoms with Gasteiger partial charge in [-0.25, -0.2) is 4.98 Å². The number of anilines is 1. The first kappa shape index (κ1) is 17.3. The molecule has 0 aliphatic rings. The SMILES string of the molecule is N#Cc1ccc(SCC(=O)NCCNc2ncccc2C#N)cc1. The maximum Gasteiger partial charge on any atom is 0.230 e. The molecule has 1 amide bonds. The minimum absolute atomic E-state index is 0.0762. The third-order valence-corrected chi connectivity index (χ3v) is 4.03. The molecule has 1 aromatic carbocycles. The zero-order chi connectivity index (χ0) is 17.2. The molecule has 6 nitrogen and oxygen atoms in total. The van der Waals surface area contributed by atoms with E-state index in [1.54, 1.807) is 30.5 Å². The fourth-order valence-electron chi connectivity index (χ4n) is 1.84. The zero-order valence-corrected chi connectivity index (χ0v) is 13.6. The number of amides is 1. The molecule has 1 heterocycles. The molecule has 0 aliphatic heterocycles. The van der Waals surface area contributed by atoms with Crippen molar-refractivity contribution in [2.45, 2.75) is 4.90 Å². The highest BCUT2D eigenvalue weighted by molar-refractivity contribution is 8.00. The van der Waals surface area contributed by atoms with Crippen LogP contribution in [-0.2, 0) is 4.79 Å². The third kappa shape index (κ3) is 5.31. The molecule has 120 valence electrons. The molecule has 0 radical (unpaired) electrons. The molecule has 2 N–H and O–H groups in total. The normalized spacial score (nSPS) is 9.58. The summed E-state index contributed by atoms with van der Waals surface area (Å²) in [6.45, 7) is 0.924. The highest BCUT2D eigenvalue weighted by Crippen LogP contribution is 2.17.